The van der Waals surface area contributed by atoms with Crippen molar-refractivity contribution < 1.29 is 91.4 Å². The molecule has 0 heterocycles. The van der Waals surface area contributed by atoms with Gasteiger partial charge in [-0.15, -0.1) is 19.4 Å². The quantitative estimate of drug-likeness (QED) is 0.204. The molecule has 0 saturated carbocycles. The Kier molecular flexibility index (Phi) is 21.1. The molecule has 2 rings (SSSR count). The van der Waals surface area contributed by atoms with Crippen molar-refractivity contribution in [3.05, 3.63) is 84.5 Å². The number of carbonyl (C=O) groups is 1. The first-order chi connectivity index (χ1) is 13.8. The van der Waals surface area contributed by atoms with Gasteiger partial charge in [0.05, 0.1) is 0 Å². The number of hydrogen-bond acceptors (Lipinski definition) is 3. The van der Waals surface area contributed by atoms with E-state index in [1.54, 1.807) is 19.6 Å². The van der Waals surface area contributed by atoms with Crippen LogP contribution in [0.5, 0.6) is 5.75 Å². The maximum absolute atomic E-state index is 13.3. The molecule has 32 heavy (non-hydrogen) atoms. The summed E-state index contributed by atoms with van der Waals surface area (Å²) in [5.41, 5.74) is 0.492. The number of carboxylic acid groups (broad SMARTS) is 1. The molecule has 0 bridgehead atoms. The molecule has 0 aliphatic rings. The van der Waals surface area contributed by atoms with E-state index in [1.165, 1.54) is 18.2 Å². The zero-order chi connectivity index (χ0) is 21.8. The van der Waals surface area contributed by atoms with Gasteiger partial charge in [-0.3, -0.25) is 6.29 Å². The average molecular weight is 952 g/mol. The van der Waals surface area contributed by atoms with Gasteiger partial charge < -0.3 is 14.6 Å². The number of carbonyl (C=O) groups excluding carboxylic acids is 1. The zero-order valence-electron chi connectivity index (χ0n) is 17.5. The first-order valence-corrected chi connectivity index (χ1v) is 8.82. The van der Waals surface area contributed by atoms with Crippen LogP contribution in [0.3, 0.4) is 0 Å². The predicted molar refractivity (Wildman–Crippen MR) is 108 cm³/mol. The Morgan fingerprint density at radius 2 is 1.72 bits per heavy atom. The standard InChI is InChI=1S/C17H13F2O3.C6H9O.3W/c1-3-10(2)22-16-5-4-11(8-15(16)17(20)21)12-6-13(18)9-14(19)7-12;1-2-3-4-5-6-7;;;/h3-9H,2H2,1H3,(H,20,21);3-4H,2,5H2,1H3;;;/q2*-1;;;+2/b;4-3-;;;. The first kappa shape index (κ1) is 35.2. The topological polar surface area (TPSA) is 63.6 Å². The summed E-state index contributed by atoms with van der Waals surface area (Å²) in [6.07, 6.45) is 8.55. The molecule has 0 unspecified atom stereocenters. The third kappa shape index (κ3) is 12.6. The maximum atomic E-state index is 13.3. The van der Waals surface area contributed by atoms with Crippen molar-refractivity contribution in [1.82, 2.24) is 0 Å². The average Bonchev–Trinajstić information content (AvgIpc) is 2.68. The van der Waals surface area contributed by atoms with Crippen molar-refractivity contribution in [1.29, 1.82) is 0 Å². The van der Waals surface area contributed by atoms with Crippen molar-refractivity contribution in [2.75, 3.05) is 0 Å². The Hall–Kier alpha value is -1.35. The summed E-state index contributed by atoms with van der Waals surface area (Å²) in [4.78, 5) is 20.8. The second kappa shape index (κ2) is 19.2. The molecule has 2 aromatic carbocycles. The van der Waals surface area contributed by atoms with Crippen LogP contribution < -0.4 is 4.74 Å². The predicted octanol–water partition coefficient (Wildman–Crippen LogP) is 5.89. The van der Waals surface area contributed by atoms with Gasteiger partial charge >= 0.3 is 27.0 Å². The first-order valence-electron chi connectivity index (χ1n) is 8.82. The van der Waals surface area contributed by atoms with Crippen LogP contribution in [-0.4, -0.2) is 17.4 Å². The van der Waals surface area contributed by atoms with E-state index in [0.29, 0.717) is 17.7 Å². The molecular formula is C23H22F2O4W3. The van der Waals surface area contributed by atoms with Crippen LogP contribution in [0.25, 0.3) is 11.1 Å². The number of hydrogen-bond donors (Lipinski definition) is 1. The number of aromatic carboxylic acids is 1. The molecule has 2 aromatic rings. The van der Waals surface area contributed by atoms with E-state index in [1.807, 2.05) is 19.1 Å². The Morgan fingerprint density at radius 3 is 2.19 bits per heavy atom. The van der Waals surface area contributed by atoms with Crippen LogP contribution in [0.1, 0.15) is 37.0 Å². The van der Waals surface area contributed by atoms with Crippen molar-refractivity contribution in [2.24, 2.45) is 0 Å². The van der Waals surface area contributed by atoms with Gasteiger partial charge in [0, 0.05) is 48.2 Å². The number of allylic oxidation sites excluding steroid dienone is 3. The van der Waals surface area contributed by atoms with Gasteiger partial charge in [-0.05, 0) is 47.6 Å². The monoisotopic (exact) mass is 952 g/mol. The van der Waals surface area contributed by atoms with Crippen molar-refractivity contribution in [2.45, 2.75) is 26.7 Å². The Morgan fingerprint density at radius 1 is 1.12 bits per heavy atom. The molecular weight excluding hydrogens is 930 g/mol. The molecule has 0 aromatic heterocycles. The van der Waals surface area contributed by atoms with Crippen molar-refractivity contribution in [3.8, 4) is 16.9 Å². The second-order valence-electron chi connectivity index (χ2n) is 5.76. The van der Waals surface area contributed by atoms with Crippen LogP contribution in [0.4, 0.5) is 8.78 Å². The summed E-state index contributed by atoms with van der Waals surface area (Å²) < 4.78 is 31.9. The van der Waals surface area contributed by atoms with Gasteiger partial charge in [0.15, 0.2) is 0 Å². The van der Waals surface area contributed by atoms with Gasteiger partial charge in [0.2, 0.25) is 0 Å². The maximum Gasteiger partial charge on any atom is 2.00 e. The molecule has 1 N–H and O–H groups in total. The molecule has 0 amide bonds. The fourth-order valence-electron chi connectivity index (χ4n) is 2.18. The smallest absolute Gasteiger partial charge is 0.541 e. The van der Waals surface area contributed by atoms with Gasteiger partial charge in [-0.1, -0.05) is 19.1 Å². The largest absolute Gasteiger partial charge is 2.00 e. The van der Waals surface area contributed by atoms with E-state index < -0.39 is 17.6 Å². The van der Waals surface area contributed by atoms with Crippen molar-refractivity contribution >= 4 is 12.3 Å². The summed E-state index contributed by atoms with van der Waals surface area (Å²) >= 11 is 0. The number of ether oxygens (including phenoxy) is 1. The van der Waals surface area contributed by atoms with Gasteiger partial charge in [-0.2, -0.15) is 6.42 Å². The molecule has 0 atom stereocenters. The molecule has 4 nitrogen and oxygen atoms in total. The number of carboxylic acids is 1. The zero-order valence-corrected chi connectivity index (χ0v) is 26.3. The third-order valence-corrected chi connectivity index (χ3v) is 3.57. The van der Waals surface area contributed by atoms with E-state index in [2.05, 4.69) is 6.58 Å². The Labute approximate surface area is 230 Å². The van der Waals surface area contributed by atoms with Crippen LogP contribution in [0.15, 0.2) is 60.9 Å². The Bertz CT molecular complexity index is 883. The van der Waals surface area contributed by atoms with E-state index >= 15 is 0 Å². The SMILES string of the molecule is C=C([CH-]C)Oc1ccc(-c2cc(F)cc(F)c2)cc1C(=O)O.CC/C=C\C[C-]=O.[W+2].[W].[W]. The van der Waals surface area contributed by atoms with Crippen LogP contribution in [-0.2, 0) is 68.0 Å². The fraction of sp³-hybridized carbons (Fsp3) is 0.174. The van der Waals surface area contributed by atoms with Crippen LogP contribution in [0.2, 0.25) is 0 Å². The molecule has 0 saturated heterocycles. The minimum absolute atomic E-state index is 0. The minimum Gasteiger partial charge on any atom is -0.541 e. The summed E-state index contributed by atoms with van der Waals surface area (Å²) in [6.45, 7) is 7.33. The fourth-order valence-corrected chi connectivity index (χ4v) is 2.18. The van der Waals surface area contributed by atoms with Gasteiger partial charge in [-0.25, -0.2) is 20.2 Å². The van der Waals surface area contributed by atoms with Gasteiger partial charge in [0.1, 0.15) is 22.9 Å². The third-order valence-electron chi connectivity index (χ3n) is 3.57. The number of halogens is 2. The van der Waals surface area contributed by atoms with Crippen molar-refractivity contribution in [3.63, 3.8) is 0 Å². The molecule has 170 valence electrons. The van der Waals surface area contributed by atoms with Crippen LogP contribution >= 0.6 is 0 Å². The van der Waals surface area contributed by atoms with E-state index in [0.717, 1.165) is 24.6 Å². The normalized spacial score (nSPS) is 9.12. The summed E-state index contributed by atoms with van der Waals surface area (Å²) in [6, 6.07) is 7.26. The van der Waals surface area contributed by atoms with Crippen LogP contribution in [0, 0.1) is 18.1 Å². The van der Waals surface area contributed by atoms with E-state index in [9.17, 15) is 23.5 Å². The van der Waals surface area contributed by atoms with Gasteiger partial charge in [0.25, 0.3) is 0 Å². The molecule has 0 spiro atoms. The Balaban J connectivity index is -0.000000737. The number of rotatable bonds is 8. The molecule has 0 fully saturated rings. The van der Waals surface area contributed by atoms with E-state index in [4.69, 9.17) is 4.74 Å². The van der Waals surface area contributed by atoms with E-state index in [-0.39, 0.29) is 80.1 Å². The molecule has 0 radical (unpaired) electrons. The summed E-state index contributed by atoms with van der Waals surface area (Å²) in [7, 11) is 0. The molecule has 0 aliphatic carbocycles. The molecule has 9 heteroatoms. The number of benzene rings is 2. The summed E-state index contributed by atoms with van der Waals surface area (Å²) in [5.74, 6) is -2.27. The minimum atomic E-state index is -1.21. The summed E-state index contributed by atoms with van der Waals surface area (Å²) in [5, 5.41) is 9.26. The second-order valence-corrected chi connectivity index (χ2v) is 5.76. The molecule has 0 aliphatic heterocycles.